The summed E-state index contributed by atoms with van der Waals surface area (Å²) in [5.41, 5.74) is 0.274. The van der Waals surface area contributed by atoms with E-state index in [-0.39, 0.29) is 6.54 Å². The second-order valence-corrected chi connectivity index (χ2v) is 3.76. The van der Waals surface area contributed by atoms with Crippen LogP contribution in [0.1, 0.15) is 0 Å². The van der Waals surface area contributed by atoms with Gasteiger partial charge in [0.1, 0.15) is 12.3 Å². The number of benzene rings is 1. The average Bonchev–Trinajstić information content (AvgIpc) is 2.16. The van der Waals surface area contributed by atoms with Crippen LogP contribution in [0.15, 0.2) is 24.3 Å². The maximum absolute atomic E-state index is 10.7. The van der Waals surface area contributed by atoms with Crippen molar-refractivity contribution in [3.05, 3.63) is 24.3 Å². The first-order valence-corrected chi connectivity index (χ1v) is 4.97. The fourth-order valence-corrected chi connectivity index (χ4v) is 1.84. The van der Waals surface area contributed by atoms with Gasteiger partial charge in [-0.05, 0) is 12.1 Å². The topological polar surface area (TPSA) is 49.8 Å². The summed E-state index contributed by atoms with van der Waals surface area (Å²) in [6.45, 7) is 0.314. The second-order valence-electron chi connectivity index (χ2n) is 3.27. The number of hydrogen-bond acceptors (Lipinski definition) is 3. The number of alkyl halides is 1. The number of nitrogens with zero attached hydrogens (tertiary/aromatic N) is 1. The molecule has 1 N–H and O–H groups in total. The maximum atomic E-state index is 10.7. The molecule has 0 saturated carbocycles. The van der Waals surface area contributed by atoms with E-state index in [1.807, 2.05) is 18.2 Å². The van der Waals surface area contributed by atoms with Gasteiger partial charge in [-0.3, -0.25) is 4.79 Å². The standard InChI is InChI=1S/C10H10ClNO3/c11-9-5-12(6-10(13)14)7-3-1-2-4-8(7)15-9/h1-4,9H,5-6H2,(H,13,14). The first-order valence-electron chi connectivity index (χ1n) is 4.53. The van der Waals surface area contributed by atoms with Crippen molar-refractivity contribution in [3.8, 4) is 5.75 Å². The van der Waals surface area contributed by atoms with Crippen LogP contribution < -0.4 is 9.64 Å². The van der Waals surface area contributed by atoms with Gasteiger partial charge in [0, 0.05) is 0 Å². The molecule has 5 heteroatoms. The Balaban J connectivity index is 2.29. The van der Waals surface area contributed by atoms with E-state index >= 15 is 0 Å². The minimum absolute atomic E-state index is 0.0659. The van der Waals surface area contributed by atoms with Crippen LogP contribution in [-0.4, -0.2) is 29.7 Å². The van der Waals surface area contributed by atoms with E-state index in [2.05, 4.69) is 0 Å². The van der Waals surface area contributed by atoms with Gasteiger partial charge in [0.25, 0.3) is 0 Å². The highest BCUT2D eigenvalue weighted by Crippen LogP contribution is 2.33. The third-order valence-electron chi connectivity index (χ3n) is 2.15. The molecule has 0 spiro atoms. The third-order valence-corrected chi connectivity index (χ3v) is 2.38. The molecule has 1 aromatic carbocycles. The quantitative estimate of drug-likeness (QED) is 0.779. The zero-order valence-corrected chi connectivity index (χ0v) is 8.65. The first kappa shape index (κ1) is 10.1. The number of aliphatic carboxylic acids is 1. The summed E-state index contributed by atoms with van der Waals surface area (Å²) in [4.78, 5) is 12.4. The lowest BCUT2D eigenvalue weighted by molar-refractivity contribution is -0.135. The van der Waals surface area contributed by atoms with Crippen molar-refractivity contribution in [2.24, 2.45) is 0 Å². The molecule has 0 bridgehead atoms. The van der Waals surface area contributed by atoms with Crippen molar-refractivity contribution in [2.75, 3.05) is 18.0 Å². The van der Waals surface area contributed by atoms with Gasteiger partial charge >= 0.3 is 5.97 Å². The molecule has 1 aliphatic heterocycles. The number of halogens is 1. The number of hydrogen-bond donors (Lipinski definition) is 1. The van der Waals surface area contributed by atoms with E-state index < -0.39 is 11.5 Å². The molecular weight excluding hydrogens is 218 g/mol. The molecule has 0 saturated heterocycles. The summed E-state index contributed by atoms with van der Waals surface area (Å²) in [6.07, 6.45) is 0. The van der Waals surface area contributed by atoms with Gasteiger partial charge in [-0.15, -0.1) is 0 Å². The number of fused-ring (bicyclic) bond motifs is 1. The lowest BCUT2D eigenvalue weighted by Crippen LogP contribution is -2.40. The molecule has 2 rings (SSSR count). The van der Waals surface area contributed by atoms with Crippen LogP contribution in [0.5, 0.6) is 5.75 Å². The molecule has 1 aliphatic rings. The number of rotatable bonds is 2. The third kappa shape index (κ3) is 2.15. The average molecular weight is 228 g/mol. The van der Waals surface area contributed by atoms with Crippen molar-refractivity contribution in [3.63, 3.8) is 0 Å². The van der Waals surface area contributed by atoms with Crippen molar-refractivity contribution in [1.82, 2.24) is 0 Å². The summed E-state index contributed by atoms with van der Waals surface area (Å²) in [5.74, 6) is -0.249. The normalized spacial score (nSPS) is 19.3. The van der Waals surface area contributed by atoms with Gasteiger partial charge in [0.05, 0.1) is 12.2 Å². The van der Waals surface area contributed by atoms with Crippen LogP contribution >= 0.6 is 11.6 Å². The molecule has 1 aromatic rings. The molecule has 0 fully saturated rings. The predicted octanol–water partition coefficient (Wildman–Crippen LogP) is 1.53. The van der Waals surface area contributed by atoms with E-state index in [1.54, 1.807) is 11.0 Å². The van der Waals surface area contributed by atoms with Crippen molar-refractivity contribution < 1.29 is 14.6 Å². The lowest BCUT2D eigenvalue weighted by atomic mass is 10.2. The van der Waals surface area contributed by atoms with E-state index in [0.717, 1.165) is 5.69 Å². The van der Waals surface area contributed by atoms with Gasteiger partial charge in [-0.25, -0.2) is 0 Å². The highest BCUT2D eigenvalue weighted by molar-refractivity contribution is 6.20. The minimum atomic E-state index is -0.879. The molecule has 4 nitrogen and oxygen atoms in total. The second kappa shape index (κ2) is 3.98. The molecule has 1 atom stereocenters. The monoisotopic (exact) mass is 227 g/mol. The van der Waals surface area contributed by atoms with E-state index in [0.29, 0.717) is 12.3 Å². The Bertz CT molecular complexity index is 383. The zero-order valence-electron chi connectivity index (χ0n) is 7.89. The predicted molar refractivity (Wildman–Crippen MR) is 56.6 cm³/mol. The number of anilines is 1. The zero-order chi connectivity index (χ0) is 10.8. The summed E-state index contributed by atoms with van der Waals surface area (Å²) in [6, 6.07) is 7.26. The van der Waals surface area contributed by atoms with Crippen molar-refractivity contribution >= 4 is 23.3 Å². The Morgan fingerprint density at radius 2 is 2.33 bits per heavy atom. The Labute approximate surface area is 92.0 Å². The van der Waals surface area contributed by atoms with Crippen LogP contribution in [0.3, 0.4) is 0 Å². The fraction of sp³-hybridized carbons (Fsp3) is 0.300. The van der Waals surface area contributed by atoms with E-state index in [9.17, 15) is 4.79 Å². The van der Waals surface area contributed by atoms with Crippen molar-refractivity contribution in [1.29, 1.82) is 0 Å². The molecule has 1 heterocycles. The number of ether oxygens (including phenoxy) is 1. The van der Waals surface area contributed by atoms with Gasteiger partial charge in [-0.2, -0.15) is 0 Å². The van der Waals surface area contributed by atoms with Crippen molar-refractivity contribution in [2.45, 2.75) is 5.56 Å². The first-order chi connectivity index (χ1) is 7.16. The van der Waals surface area contributed by atoms with Gasteiger partial charge < -0.3 is 14.7 Å². The highest BCUT2D eigenvalue weighted by atomic mass is 35.5. The highest BCUT2D eigenvalue weighted by Gasteiger charge is 2.24. The summed E-state index contributed by atoms with van der Waals surface area (Å²) < 4.78 is 5.37. The van der Waals surface area contributed by atoms with E-state index in [4.69, 9.17) is 21.4 Å². The molecule has 0 aromatic heterocycles. The summed E-state index contributed by atoms with van der Waals surface area (Å²) in [7, 11) is 0. The molecular formula is C10H10ClNO3. The maximum Gasteiger partial charge on any atom is 0.323 e. The number of carbonyl (C=O) groups is 1. The van der Waals surface area contributed by atoms with E-state index in [1.165, 1.54) is 0 Å². The molecule has 1 unspecified atom stereocenters. The Kier molecular flexibility index (Phi) is 2.68. The molecule has 0 aliphatic carbocycles. The van der Waals surface area contributed by atoms with Crippen LogP contribution in [0.2, 0.25) is 0 Å². The van der Waals surface area contributed by atoms with Gasteiger partial charge in [0.2, 0.25) is 0 Å². The van der Waals surface area contributed by atoms with Gasteiger partial charge in [0.15, 0.2) is 5.56 Å². The van der Waals surface area contributed by atoms with Gasteiger partial charge in [-0.1, -0.05) is 23.7 Å². The summed E-state index contributed by atoms with van der Waals surface area (Å²) >= 11 is 5.87. The molecule has 0 amide bonds. The Morgan fingerprint density at radius 1 is 1.60 bits per heavy atom. The lowest BCUT2D eigenvalue weighted by Gasteiger charge is -2.32. The molecule has 15 heavy (non-hydrogen) atoms. The summed E-state index contributed by atoms with van der Waals surface area (Å²) in [5, 5.41) is 8.75. The number of carboxylic acids is 1. The molecule has 80 valence electrons. The smallest absolute Gasteiger partial charge is 0.323 e. The number of carboxylic acid groups (broad SMARTS) is 1. The van der Waals surface area contributed by atoms with Crippen LogP contribution in [0.25, 0.3) is 0 Å². The fourth-order valence-electron chi connectivity index (χ4n) is 1.58. The molecule has 0 radical (unpaired) electrons. The Hall–Kier alpha value is -1.42. The Morgan fingerprint density at radius 3 is 3.07 bits per heavy atom. The van der Waals surface area contributed by atoms with Crippen LogP contribution in [0.4, 0.5) is 5.69 Å². The van der Waals surface area contributed by atoms with Crippen LogP contribution in [0, 0.1) is 0 Å². The van der Waals surface area contributed by atoms with Crippen LogP contribution in [-0.2, 0) is 4.79 Å². The largest absolute Gasteiger partial charge is 0.480 e. The number of para-hydroxylation sites is 2. The minimum Gasteiger partial charge on any atom is -0.480 e. The SMILES string of the molecule is O=C(O)CN1CC(Cl)Oc2ccccc21.